The van der Waals surface area contributed by atoms with E-state index in [0.717, 1.165) is 31.2 Å². The van der Waals surface area contributed by atoms with E-state index in [1.807, 2.05) is 17.0 Å². The van der Waals surface area contributed by atoms with Crippen LogP contribution in [0.2, 0.25) is 10.0 Å². The van der Waals surface area contributed by atoms with Crippen LogP contribution in [0.15, 0.2) is 48.5 Å². The summed E-state index contributed by atoms with van der Waals surface area (Å²) >= 11 is 12.5. The number of nitrogens with zero attached hydrogens (tertiary/aromatic N) is 1. The minimum Gasteiger partial charge on any atom is -0.481 e. The van der Waals surface area contributed by atoms with Crippen LogP contribution in [0.3, 0.4) is 0 Å². The number of hydrogen-bond donors (Lipinski definition) is 2. The van der Waals surface area contributed by atoms with Crippen LogP contribution in [0.4, 0.5) is 0 Å². The van der Waals surface area contributed by atoms with Gasteiger partial charge in [-0.25, -0.2) is 0 Å². The average Bonchev–Trinajstić information content (AvgIpc) is 2.85. The van der Waals surface area contributed by atoms with Gasteiger partial charge in [0.05, 0.1) is 6.42 Å². The quantitative estimate of drug-likeness (QED) is 0.273. The van der Waals surface area contributed by atoms with Crippen molar-refractivity contribution in [3.63, 3.8) is 0 Å². The number of aliphatic carboxylic acids is 1. The number of rotatable bonds is 14. The predicted octanol–water partition coefficient (Wildman–Crippen LogP) is 6.46. The van der Waals surface area contributed by atoms with Crippen molar-refractivity contribution < 1.29 is 19.5 Å². The van der Waals surface area contributed by atoms with Crippen molar-refractivity contribution in [1.82, 2.24) is 10.2 Å². The number of carboxylic acids is 1. The Kier molecular flexibility index (Phi) is 12.5. The zero-order valence-electron chi connectivity index (χ0n) is 20.8. The van der Waals surface area contributed by atoms with E-state index >= 15 is 0 Å². The smallest absolute Gasteiger partial charge is 0.305 e. The van der Waals surface area contributed by atoms with E-state index in [-0.39, 0.29) is 24.8 Å². The summed E-state index contributed by atoms with van der Waals surface area (Å²) in [5, 5.41) is 12.3. The van der Waals surface area contributed by atoms with E-state index in [1.54, 1.807) is 36.4 Å². The summed E-state index contributed by atoms with van der Waals surface area (Å²) < 4.78 is 0. The number of benzene rings is 2. The Hall–Kier alpha value is -2.83. The van der Waals surface area contributed by atoms with Crippen molar-refractivity contribution in [2.75, 3.05) is 13.1 Å². The third-order valence-electron chi connectivity index (χ3n) is 5.94. The van der Waals surface area contributed by atoms with Gasteiger partial charge in [0.1, 0.15) is 0 Å². The Bertz CT molecular complexity index is 1030. The second-order valence-corrected chi connectivity index (χ2v) is 9.51. The van der Waals surface area contributed by atoms with Crippen LogP contribution in [-0.4, -0.2) is 40.9 Å². The van der Waals surface area contributed by atoms with E-state index in [4.69, 9.17) is 28.3 Å². The van der Waals surface area contributed by atoms with Gasteiger partial charge in [-0.3, -0.25) is 14.4 Å². The van der Waals surface area contributed by atoms with Gasteiger partial charge in [-0.05, 0) is 48.2 Å². The van der Waals surface area contributed by atoms with Crippen molar-refractivity contribution >= 4 is 47.1 Å². The third kappa shape index (κ3) is 9.67. The molecule has 36 heavy (non-hydrogen) atoms. The molecule has 2 rings (SSSR count). The number of carbonyl (C=O) groups excluding carboxylic acids is 2. The maximum absolute atomic E-state index is 13.3. The number of carbonyl (C=O) groups is 3. The van der Waals surface area contributed by atoms with Crippen molar-refractivity contribution in [3.05, 3.63) is 75.3 Å². The zero-order chi connectivity index (χ0) is 26.5. The molecule has 0 heterocycles. The van der Waals surface area contributed by atoms with E-state index in [2.05, 4.69) is 19.2 Å². The molecule has 2 amide bonds. The molecule has 6 nitrogen and oxygen atoms in total. The van der Waals surface area contributed by atoms with Crippen LogP contribution in [0.5, 0.6) is 0 Å². The first-order valence-corrected chi connectivity index (χ1v) is 13.0. The van der Waals surface area contributed by atoms with Crippen molar-refractivity contribution in [1.29, 1.82) is 0 Å². The number of amides is 2. The molecule has 1 unspecified atom stereocenters. The van der Waals surface area contributed by atoms with Gasteiger partial charge in [-0.15, -0.1) is 0 Å². The standard InChI is InChI=1S/C28H34Cl2N2O4/c1-3-5-7-20(4-2)18-32(26(33)15-14-23-24(29)8-6-9-25(23)30)19-21-10-12-22(13-11-21)28(36)31-17-16-27(34)35/h6,8-15,20H,3-5,7,16-19H2,1-2H3,(H,31,36)(H,34,35). The highest BCUT2D eigenvalue weighted by molar-refractivity contribution is 6.37. The Labute approximate surface area is 223 Å². The van der Waals surface area contributed by atoms with Crippen molar-refractivity contribution in [2.24, 2.45) is 5.92 Å². The first-order chi connectivity index (χ1) is 17.2. The molecular weight excluding hydrogens is 499 g/mol. The monoisotopic (exact) mass is 532 g/mol. The molecule has 2 aromatic rings. The minimum absolute atomic E-state index is 0.0656. The Balaban J connectivity index is 2.17. The van der Waals surface area contributed by atoms with Crippen LogP contribution in [-0.2, 0) is 16.1 Å². The molecule has 1 atom stereocenters. The van der Waals surface area contributed by atoms with E-state index in [1.165, 1.54) is 6.08 Å². The van der Waals surface area contributed by atoms with Crippen LogP contribution in [0, 0.1) is 5.92 Å². The van der Waals surface area contributed by atoms with Gasteiger partial charge in [0.2, 0.25) is 5.91 Å². The number of carboxylic acid groups (broad SMARTS) is 1. The molecule has 194 valence electrons. The summed E-state index contributed by atoms with van der Waals surface area (Å²) in [7, 11) is 0. The van der Waals surface area contributed by atoms with E-state index < -0.39 is 5.97 Å². The molecule has 2 N–H and O–H groups in total. The molecule has 8 heteroatoms. The summed E-state index contributed by atoms with van der Waals surface area (Å²) in [4.78, 5) is 37.9. The van der Waals surface area contributed by atoms with Crippen molar-refractivity contribution in [3.8, 4) is 0 Å². The first-order valence-electron chi connectivity index (χ1n) is 12.2. The second kappa shape index (κ2) is 15.3. The zero-order valence-corrected chi connectivity index (χ0v) is 22.3. The number of unbranched alkanes of at least 4 members (excludes halogenated alkanes) is 1. The highest BCUT2D eigenvalue weighted by Crippen LogP contribution is 2.26. The van der Waals surface area contributed by atoms with Crippen molar-refractivity contribution in [2.45, 2.75) is 52.5 Å². The highest BCUT2D eigenvalue weighted by Gasteiger charge is 2.18. The molecule has 0 aliphatic rings. The fourth-order valence-electron chi connectivity index (χ4n) is 3.76. The van der Waals surface area contributed by atoms with Gasteiger partial charge in [-0.2, -0.15) is 0 Å². The van der Waals surface area contributed by atoms with Gasteiger partial charge >= 0.3 is 5.97 Å². The summed E-state index contributed by atoms with van der Waals surface area (Å²) in [6.45, 7) is 5.37. The van der Waals surface area contributed by atoms with Crippen LogP contribution in [0.25, 0.3) is 6.08 Å². The second-order valence-electron chi connectivity index (χ2n) is 8.70. The predicted molar refractivity (Wildman–Crippen MR) is 145 cm³/mol. The van der Waals surface area contributed by atoms with E-state index in [9.17, 15) is 14.4 Å². The summed E-state index contributed by atoms with van der Waals surface area (Å²) in [6, 6.07) is 12.2. The number of hydrogen-bond acceptors (Lipinski definition) is 3. The number of halogens is 2. The maximum Gasteiger partial charge on any atom is 0.305 e. The first kappa shape index (κ1) is 29.4. The largest absolute Gasteiger partial charge is 0.481 e. The molecule has 0 aliphatic heterocycles. The van der Waals surface area contributed by atoms with Gasteiger partial charge in [0.15, 0.2) is 0 Å². The normalized spacial score (nSPS) is 11.9. The molecule has 0 spiro atoms. The van der Waals surface area contributed by atoms with Crippen LogP contribution in [0.1, 0.15) is 67.4 Å². The summed E-state index contributed by atoms with van der Waals surface area (Å²) in [6.07, 6.45) is 7.25. The Morgan fingerprint density at radius 3 is 2.31 bits per heavy atom. The topological polar surface area (TPSA) is 86.7 Å². The van der Waals surface area contributed by atoms with Gasteiger partial charge < -0.3 is 15.3 Å². The molecule has 0 fully saturated rings. The molecule has 0 aromatic heterocycles. The lowest BCUT2D eigenvalue weighted by Crippen LogP contribution is -2.34. The summed E-state index contributed by atoms with van der Waals surface area (Å²) in [5.41, 5.74) is 1.93. The molecule has 2 aromatic carbocycles. The van der Waals surface area contributed by atoms with Gasteiger partial charge in [0, 0.05) is 46.9 Å². The molecule has 0 bridgehead atoms. The minimum atomic E-state index is -0.967. The molecule has 0 radical (unpaired) electrons. The fourth-order valence-corrected chi connectivity index (χ4v) is 4.28. The van der Waals surface area contributed by atoms with Crippen LogP contribution < -0.4 is 5.32 Å². The lowest BCUT2D eigenvalue weighted by Gasteiger charge is -2.27. The fraction of sp³-hybridized carbons (Fsp3) is 0.393. The lowest BCUT2D eigenvalue weighted by molar-refractivity contribution is -0.136. The Morgan fingerprint density at radius 1 is 1.06 bits per heavy atom. The third-order valence-corrected chi connectivity index (χ3v) is 6.60. The maximum atomic E-state index is 13.3. The molecule has 0 saturated carbocycles. The number of nitrogens with one attached hydrogen (secondary N) is 1. The highest BCUT2D eigenvalue weighted by atomic mass is 35.5. The van der Waals surface area contributed by atoms with Gasteiger partial charge in [0.25, 0.3) is 5.91 Å². The average molecular weight is 533 g/mol. The van der Waals surface area contributed by atoms with Crippen LogP contribution >= 0.6 is 23.2 Å². The molecule has 0 saturated heterocycles. The summed E-state index contributed by atoms with van der Waals surface area (Å²) in [5.74, 6) is -1.06. The van der Waals surface area contributed by atoms with E-state index in [0.29, 0.717) is 40.2 Å². The molecular formula is C28H34Cl2N2O4. The SMILES string of the molecule is CCCCC(CC)CN(Cc1ccc(C(=O)NCCC(=O)O)cc1)C(=O)C=Cc1c(Cl)cccc1Cl. The van der Waals surface area contributed by atoms with Gasteiger partial charge in [-0.1, -0.05) is 74.5 Å². The lowest BCUT2D eigenvalue weighted by atomic mass is 9.98. The Morgan fingerprint density at radius 2 is 1.72 bits per heavy atom. The molecule has 0 aliphatic carbocycles.